The minimum absolute atomic E-state index is 0.117. The van der Waals surface area contributed by atoms with E-state index in [1.165, 1.54) is 0 Å². The Morgan fingerprint density at radius 1 is 1.58 bits per heavy atom. The van der Waals surface area contributed by atoms with Gasteiger partial charge >= 0.3 is 0 Å². The van der Waals surface area contributed by atoms with Crippen LogP contribution >= 0.6 is 0 Å². The molecule has 1 aromatic rings. The summed E-state index contributed by atoms with van der Waals surface area (Å²) in [5, 5.41) is 11.5. The van der Waals surface area contributed by atoms with Crippen molar-refractivity contribution in [2.24, 2.45) is 0 Å². The molecule has 19 heavy (non-hydrogen) atoms. The molecule has 1 N–H and O–H groups in total. The van der Waals surface area contributed by atoms with Crippen LogP contribution in [0.5, 0.6) is 0 Å². The van der Waals surface area contributed by atoms with Crippen LogP contribution in [0.15, 0.2) is 24.3 Å². The van der Waals surface area contributed by atoms with E-state index in [9.17, 15) is 4.79 Å². The van der Waals surface area contributed by atoms with Crippen LogP contribution in [0.1, 0.15) is 18.4 Å². The lowest BCUT2D eigenvalue weighted by atomic mass is 10.2. The van der Waals surface area contributed by atoms with E-state index in [0.717, 1.165) is 13.0 Å². The predicted molar refractivity (Wildman–Crippen MR) is 69.6 cm³/mol. The van der Waals surface area contributed by atoms with Crippen molar-refractivity contribution in [3.05, 3.63) is 29.8 Å². The first-order valence-electron chi connectivity index (χ1n) is 6.27. The molecular formula is C14H16N2O3. The zero-order valence-electron chi connectivity index (χ0n) is 10.6. The van der Waals surface area contributed by atoms with Crippen molar-refractivity contribution in [3.63, 3.8) is 0 Å². The number of benzene rings is 1. The number of ether oxygens (including phenoxy) is 2. The zero-order valence-corrected chi connectivity index (χ0v) is 10.6. The molecule has 0 spiro atoms. The molecule has 0 aromatic heterocycles. The molecule has 1 atom stereocenters. The Kier molecular flexibility index (Phi) is 4.90. The first-order chi connectivity index (χ1) is 9.28. The van der Waals surface area contributed by atoms with E-state index in [2.05, 4.69) is 5.32 Å². The number of carbonyl (C=O) groups excluding carboxylic acids is 1. The van der Waals surface area contributed by atoms with Crippen molar-refractivity contribution < 1.29 is 14.3 Å². The molecule has 5 heteroatoms. The number of hydrogen-bond acceptors (Lipinski definition) is 4. The Morgan fingerprint density at radius 2 is 2.47 bits per heavy atom. The van der Waals surface area contributed by atoms with Gasteiger partial charge < -0.3 is 14.8 Å². The van der Waals surface area contributed by atoms with Gasteiger partial charge in [-0.25, -0.2) is 0 Å². The molecule has 100 valence electrons. The molecule has 2 rings (SSSR count). The first kappa shape index (κ1) is 13.5. The molecule has 1 fully saturated rings. The van der Waals surface area contributed by atoms with Gasteiger partial charge in [-0.2, -0.15) is 5.26 Å². The van der Waals surface area contributed by atoms with Crippen LogP contribution in [0, 0.1) is 11.3 Å². The van der Waals surface area contributed by atoms with Crippen LogP contribution in [0.2, 0.25) is 0 Å². The molecular weight excluding hydrogens is 244 g/mol. The first-order valence-corrected chi connectivity index (χ1v) is 6.27. The maximum Gasteiger partial charge on any atom is 0.226 e. The summed E-state index contributed by atoms with van der Waals surface area (Å²) in [6.07, 6.45) is 1.31. The maximum absolute atomic E-state index is 11.7. The Morgan fingerprint density at radius 3 is 3.21 bits per heavy atom. The highest BCUT2D eigenvalue weighted by Gasteiger charge is 2.16. The number of carbonyl (C=O) groups is 1. The SMILES string of the molecule is N#Cc1cccc(NC(=O)CCOC2CCOC2)c1. The summed E-state index contributed by atoms with van der Waals surface area (Å²) in [7, 11) is 0. The largest absolute Gasteiger partial charge is 0.379 e. The highest BCUT2D eigenvalue weighted by Crippen LogP contribution is 2.11. The lowest BCUT2D eigenvalue weighted by Gasteiger charge is -2.09. The lowest BCUT2D eigenvalue weighted by Crippen LogP contribution is -2.18. The topological polar surface area (TPSA) is 71.4 Å². The highest BCUT2D eigenvalue weighted by molar-refractivity contribution is 5.90. The molecule has 1 amide bonds. The van der Waals surface area contributed by atoms with E-state index in [4.69, 9.17) is 14.7 Å². The molecule has 5 nitrogen and oxygen atoms in total. The molecule has 0 saturated carbocycles. The van der Waals surface area contributed by atoms with Crippen molar-refractivity contribution in [1.82, 2.24) is 0 Å². The van der Waals surface area contributed by atoms with Gasteiger partial charge in [-0.3, -0.25) is 4.79 Å². The normalized spacial score (nSPS) is 17.9. The summed E-state index contributed by atoms with van der Waals surface area (Å²) in [6, 6.07) is 8.86. The number of rotatable bonds is 5. The predicted octanol–water partition coefficient (Wildman–Crippen LogP) is 1.69. The number of nitrogens with zero attached hydrogens (tertiary/aromatic N) is 1. The fraction of sp³-hybridized carbons (Fsp3) is 0.429. The van der Waals surface area contributed by atoms with Crippen LogP contribution < -0.4 is 5.32 Å². The van der Waals surface area contributed by atoms with Gasteiger partial charge in [-0.1, -0.05) is 6.07 Å². The van der Waals surface area contributed by atoms with E-state index in [1.807, 2.05) is 6.07 Å². The number of anilines is 1. The summed E-state index contributed by atoms with van der Waals surface area (Å²) < 4.78 is 10.7. The second-order valence-corrected chi connectivity index (χ2v) is 4.35. The average molecular weight is 260 g/mol. The Bertz CT molecular complexity index is 476. The molecule has 1 aliphatic rings. The summed E-state index contributed by atoms with van der Waals surface area (Å²) in [6.45, 7) is 1.74. The summed E-state index contributed by atoms with van der Waals surface area (Å²) in [4.78, 5) is 11.7. The summed E-state index contributed by atoms with van der Waals surface area (Å²) in [5.74, 6) is -0.117. The van der Waals surface area contributed by atoms with E-state index in [1.54, 1.807) is 24.3 Å². The zero-order chi connectivity index (χ0) is 13.5. The Hall–Kier alpha value is -1.90. The summed E-state index contributed by atoms with van der Waals surface area (Å²) in [5.41, 5.74) is 1.16. The second kappa shape index (κ2) is 6.88. The second-order valence-electron chi connectivity index (χ2n) is 4.35. The maximum atomic E-state index is 11.7. The molecule has 1 saturated heterocycles. The van der Waals surface area contributed by atoms with E-state index >= 15 is 0 Å². The number of nitriles is 1. The van der Waals surface area contributed by atoms with E-state index in [-0.39, 0.29) is 12.0 Å². The van der Waals surface area contributed by atoms with E-state index in [0.29, 0.717) is 30.9 Å². The number of nitrogens with one attached hydrogen (secondary N) is 1. The minimum atomic E-state index is -0.117. The molecule has 1 aliphatic heterocycles. The molecule has 1 unspecified atom stereocenters. The third-order valence-corrected chi connectivity index (χ3v) is 2.85. The molecule has 0 bridgehead atoms. The lowest BCUT2D eigenvalue weighted by molar-refractivity contribution is -0.117. The van der Waals surface area contributed by atoms with Crippen LogP contribution in [-0.2, 0) is 14.3 Å². The molecule has 1 heterocycles. The van der Waals surface area contributed by atoms with Gasteiger partial charge in [0.1, 0.15) is 0 Å². The Balaban J connectivity index is 1.72. The van der Waals surface area contributed by atoms with Crippen molar-refractivity contribution >= 4 is 11.6 Å². The standard InChI is InChI=1S/C14H16N2O3/c15-9-11-2-1-3-12(8-11)16-14(17)5-7-19-13-4-6-18-10-13/h1-3,8,13H,4-7,10H2,(H,16,17). The quantitative estimate of drug-likeness (QED) is 0.874. The van der Waals surface area contributed by atoms with Gasteiger partial charge in [0.05, 0.1) is 37.4 Å². The van der Waals surface area contributed by atoms with Gasteiger partial charge in [-0.15, -0.1) is 0 Å². The fourth-order valence-electron chi connectivity index (χ4n) is 1.85. The van der Waals surface area contributed by atoms with Gasteiger partial charge in [0.25, 0.3) is 0 Å². The van der Waals surface area contributed by atoms with Crippen LogP contribution in [0.3, 0.4) is 0 Å². The van der Waals surface area contributed by atoms with Gasteiger partial charge in [0.2, 0.25) is 5.91 Å². The van der Waals surface area contributed by atoms with Gasteiger partial charge in [-0.05, 0) is 24.6 Å². The van der Waals surface area contributed by atoms with Gasteiger partial charge in [0.15, 0.2) is 0 Å². The van der Waals surface area contributed by atoms with Crippen molar-refractivity contribution in [2.75, 3.05) is 25.1 Å². The number of amides is 1. The monoisotopic (exact) mass is 260 g/mol. The minimum Gasteiger partial charge on any atom is -0.379 e. The van der Waals surface area contributed by atoms with Crippen molar-refractivity contribution in [3.8, 4) is 6.07 Å². The fourth-order valence-corrected chi connectivity index (χ4v) is 1.85. The molecule has 0 aliphatic carbocycles. The molecule has 1 aromatic carbocycles. The smallest absolute Gasteiger partial charge is 0.226 e. The van der Waals surface area contributed by atoms with E-state index < -0.39 is 0 Å². The van der Waals surface area contributed by atoms with Crippen LogP contribution in [0.25, 0.3) is 0 Å². The third kappa shape index (κ3) is 4.36. The van der Waals surface area contributed by atoms with Crippen molar-refractivity contribution in [1.29, 1.82) is 5.26 Å². The van der Waals surface area contributed by atoms with Crippen LogP contribution in [-0.4, -0.2) is 31.8 Å². The average Bonchev–Trinajstić information content (AvgIpc) is 2.92. The Labute approximate surface area is 112 Å². The highest BCUT2D eigenvalue weighted by atomic mass is 16.5. The van der Waals surface area contributed by atoms with Crippen LogP contribution in [0.4, 0.5) is 5.69 Å². The van der Waals surface area contributed by atoms with Crippen molar-refractivity contribution in [2.45, 2.75) is 18.9 Å². The summed E-state index contributed by atoms with van der Waals surface area (Å²) >= 11 is 0. The molecule has 0 radical (unpaired) electrons. The van der Waals surface area contributed by atoms with Gasteiger partial charge in [0, 0.05) is 12.3 Å². The number of hydrogen-bond donors (Lipinski definition) is 1. The third-order valence-electron chi connectivity index (χ3n) is 2.85.